The molecule has 0 aliphatic carbocycles. The molecule has 0 saturated carbocycles. The second-order valence-electron chi connectivity index (χ2n) is 7.94. The lowest BCUT2D eigenvalue weighted by Crippen LogP contribution is -2.44. The first-order valence-electron chi connectivity index (χ1n) is 11.1. The molecule has 2 amide bonds. The number of hydrogen-bond donors (Lipinski definition) is 1. The number of carbonyl (C=O) groups excluding carboxylic acids is 2. The van der Waals surface area contributed by atoms with Gasteiger partial charge in [-0.25, -0.2) is 9.98 Å². The first kappa shape index (κ1) is 24.0. The third-order valence-electron chi connectivity index (χ3n) is 5.76. The van der Waals surface area contributed by atoms with Crippen LogP contribution in [0.2, 0.25) is 0 Å². The third kappa shape index (κ3) is 6.44. The molecule has 0 radical (unpaired) electrons. The summed E-state index contributed by atoms with van der Waals surface area (Å²) in [6, 6.07) is 5.10. The molecule has 2 saturated heterocycles. The number of nitrogens with one attached hydrogen (secondary N) is 1. The summed E-state index contributed by atoms with van der Waals surface area (Å²) in [5, 5.41) is 11.6. The number of nitrogens with zero attached hydrogens (tertiary/aromatic N) is 5. The Bertz CT molecular complexity index is 949. The zero-order valence-electron chi connectivity index (χ0n) is 19.1. The Morgan fingerprint density at radius 3 is 2.67 bits per heavy atom. The number of aliphatic imine (C=N–C) groups is 2. The lowest BCUT2D eigenvalue weighted by atomic mass is 10.0. The second kappa shape index (κ2) is 11.9. The molecular formula is C23H30N6O4. The van der Waals surface area contributed by atoms with Gasteiger partial charge in [0.15, 0.2) is 6.19 Å². The van der Waals surface area contributed by atoms with Gasteiger partial charge in [0.05, 0.1) is 26.7 Å². The van der Waals surface area contributed by atoms with Gasteiger partial charge in [-0.3, -0.25) is 14.9 Å². The lowest BCUT2D eigenvalue weighted by molar-refractivity contribution is -0.140. The average Bonchev–Trinajstić information content (AvgIpc) is 3.31. The molecule has 10 heteroatoms. The van der Waals surface area contributed by atoms with Gasteiger partial charge in [-0.1, -0.05) is 6.42 Å². The van der Waals surface area contributed by atoms with Crippen LogP contribution >= 0.6 is 0 Å². The van der Waals surface area contributed by atoms with Crippen LogP contribution < -0.4 is 14.8 Å². The zero-order valence-corrected chi connectivity index (χ0v) is 19.1. The number of nitriles is 1. The highest BCUT2D eigenvalue weighted by Gasteiger charge is 2.29. The minimum atomic E-state index is -0.489. The summed E-state index contributed by atoms with van der Waals surface area (Å²) in [6.45, 7) is 2.18. The standard InChI is InChI=1S/C23H30N6O4/c1-32-18-8-9-20(33-2)19(13-18)27-23(26-16-24)25-14-17-7-3-4-12-29(22(17)31)15-21(30)28-10-5-6-11-28/h8-9,13-14,17H,3-7,10-12,15H2,1-2H3,(H,26,27)/b25-14-. The molecule has 1 N–H and O–H groups in total. The lowest BCUT2D eigenvalue weighted by Gasteiger charge is -2.25. The van der Waals surface area contributed by atoms with E-state index in [0.717, 1.165) is 38.8 Å². The topological polar surface area (TPSA) is 120 Å². The average molecular weight is 455 g/mol. The number of methoxy groups -OCH3 is 2. The molecule has 2 heterocycles. The molecule has 1 unspecified atom stereocenters. The van der Waals surface area contributed by atoms with Crippen LogP contribution in [0.15, 0.2) is 28.2 Å². The first-order valence-corrected chi connectivity index (χ1v) is 11.1. The zero-order chi connectivity index (χ0) is 23.6. The van der Waals surface area contributed by atoms with Crippen molar-refractivity contribution < 1.29 is 19.1 Å². The van der Waals surface area contributed by atoms with Crippen LogP contribution in [0, 0.1) is 17.4 Å². The van der Waals surface area contributed by atoms with E-state index in [-0.39, 0.29) is 24.3 Å². The van der Waals surface area contributed by atoms with Gasteiger partial charge in [0.2, 0.25) is 17.8 Å². The van der Waals surface area contributed by atoms with E-state index < -0.39 is 5.92 Å². The molecule has 2 aliphatic heterocycles. The quantitative estimate of drug-likeness (QED) is 0.304. The summed E-state index contributed by atoms with van der Waals surface area (Å²) in [5.41, 5.74) is 0.428. The fraction of sp³-hybridized carbons (Fsp3) is 0.522. The van der Waals surface area contributed by atoms with Gasteiger partial charge in [0.25, 0.3) is 0 Å². The number of hydrogen-bond acceptors (Lipinski definition) is 6. The smallest absolute Gasteiger partial charge is 0.242 e. The van der Waals surface area contributed by atoms with Crippen LogP contribution in [-0.2, 0) is 9.59 Å². The van der Waals surface area contributed by atoms with Gasteiger partial charge >= 0.3 is 0 Å². The van der Waals surface area contributed by atoms with Crippen molar-refractivity contribution >= 4 is 29.7 Å². The molecule has 1 aromatic rings. The fourth-order valence-corrected chi connectivity index (χ4v) is 3.96. The van der Waals surface area contributed by atoms with Gasteiger partial charge < -0.3 is 19.3 Å². The molecule has 0 aromatic heterocycles. The molecule has 33 heavy (non-hydrogen) atoms. The van der Waals surface area contributed by atoms with Gasteiger partial charge in [-0.15, -0.1) is 0 Å². The van der Waals surface area contributed by atoms with E-state index >= 15 is 0 Å². The molecule has 2 aliphatic rings. The molecule has 0 bridgehead atoms. The predicted molar refractivity (Wildman–Crippen MR) is 124 cm³/mol. The molecule has 0 spiro atoms. The van der Waals surface area contributed by atoms with Crippen molar-refractivity contribution in [3.05, 3.63) is 18.2 Å². The summed E-state index contributed by atoms with van der Waals surface area (Å²) in [5.74, 6) is 0.473. The van der Waals surface area contributed by atoms with E-state index in [9.17, 15) is 9.59 Å². The molecule has 3 rings (SSSR count). The Labute approximate surface area is 193 Å². The predicted octanol–water partition coefficient (Wildman–Crippen LogP) is 2.08. The van der Waals surface area contributed by atoms with Crippen LogP contribution in [0.1, 0.15) is 32.1 Å². The van der Waals surface area contributed by atoms with Crippen LogP contribution in [-0.4, -0.2) is 74.2 Å². The molecule has 10 nitrogen and oxygen atoms in total. The van der Waals surface area contributed by atoms with E-state index in [0.29, 0.717) is 30.2 Å². The number of ether oxygens (including phenoxy) is 2. The Hall–Kier alpha value is -3.61. The number of guanidine groups is 1. The van der Waals surface area contributed by atoms with Crippen LogP contribution in [0.25, 0.3) is 0 Å². The molecule has 1 aromatic carbocycles. The highest BCUT2D eigenvalue weighted by Crippen LogP contribution is 2.31. The van der Waals surface area contributed by atoms with Gasteiger partial charge in [-0.05, 0) is 37.8 Å². The van der Waals surface area contributed by atoms with Crippen molar-refractivity contribution in [3.8, 4) is 17.7 Å². The Morgan fingerprint density at radius 2 is 1.97 bits per heavy atom. The van der Waals surface area contributed by atoms with E-state index in [4.69, 9.17) is 14.7 Å². The Balaban J connectivity index is 1.76. The van der Waals surface area contributed by atoms with E-state index in [1.807, 2.05) is 11.1 Å². The molecule has 1 atom stereocenters. The maximum absolute atomic E-state index is 13.1. The number of likely N-dealkylation sites (tertiary alicyclic amines) is 2. The van der Waals surface area contributed by atoms with Gasteiger partial charge in [0, 0.05) is 31.9 Å². The second-order valence-corrected chi connectivity index (χ2v) is 7.94. The maximum atomic E-state index is 13.1. The number of rotatable bonds is 6. The van der Waals surface area contributed by atoms with Crippen molar-refractivity contribution in [1.29, 1.82) is 5.26 Å². The monoisotopic (exact) mass is 454 g/mol. The SMILES string of the molecule is COc1ccc(OC)c(N=C(/N=C\C2CCCCN(CC(=O)N3CCCC3)C2=O)NC#N)c1. The van der Waals surface area contributed by atoms with Gasteiger partial charge in [0.1, 0.15) is 17.2 Å². The normalized spacial score (nSPS) is 19.4. The van der Waals surface area contributed by atoms with Crippen molar-refractivity contribution in [3.63, 3.8) is 0 Å². The summed E-state index contributed by atoms with van der Waals surface area (Å²) >= 11 is 0. The van der Waals surface area contributed by atoms with Crippen molar-refractivity contribution in [2.24, 2.45) is 15.9 Å². The van der Waals surface area contributed by atoms with Crippen molar-refractivity contribution in [2.45, 2.75) is 32.1 Å². The van der Waals surface area contributed by atoms with Crippen LogP contribution in [0.5, 0.6) is 11.5 Å². The van der Waals surface area contributed by atoms with Crippen molar-refractivity contribution in [1.82, 2.24) is 15.1 Å². The van der Waals surface area contributed by atoms with E-state index in [1.54, 1.807) is 30.2 Å². The minimum Gasteiger partial charge on any atom is -0.497 e. The van der Waals surface area contributed by atoms with Gasteiger partial charge in [-0.2, -0.15) is 5.26 Å². The summed E-state index contributed by atoms with van der Waals surface area (Å²) in [6.07, 6.45) is 7.67. The Morgan fingerprint density at radius 1 is 1.21 bits per heavy atom. The number of amides is 2. The third-order valence-corrected chi connectivity index (χ3v) is 5.76. The van der Waals surface area contributed by atoms with Crippen LogP contribution in [0.4, 0.5) is 5.69 Å². The molecule has 2 fully saturated rings. The van der Waals surface area contributed by atoms with E-state index in [1.165, 1.54) is 13.3 Å². The van der Waals surface area contributed by atoms with Crippen LogP contribution in [0.3, 0.4) is 0 Å². The summed E-state index contributed by atoms with van der Waals surface area (Å²) < 4.78 is 10.6. The molecule has 176 valence electrons. The largest absolute Gasteiger partial charge is 0.497 e. The number of carbonyl (C=O) groups is 2. The molecular weight excluding hydrogens is 424 g/mol. The highest BCUT2D eigenvalue weighted by atomic mass is 16.5. The number of benzene rings is 1. The minimum absolute atomic E-state index is 0.00282. The van der Waals surface area contributed by atoms with E-state index in [2.05, 4.69) is 15.3 Å². The highest BCUT2D eigenvalue weighted by molar-refractivity contribution is 6.00. The fourth-order valence-electron chi connectivity index (χ4n) is 3.96. The van der Waals surface area contributed by atoms with Crippen molar-refractivity contribution in [2.75, 3.05) is 40.4 Å². The Kier molecular flexibility index (Phi) is 8.63. The maximum Gasteiger partial charge on any atom is 0.242 e. The summed E-state index contributed by atoms with van der Waals surface area (Å²) in [7, 11) is 3.06. The summed E-state index contributed by atoms with van der Waals surface area (Å²) in [4.78, 5) is 37.8. The first-order chi connectivity index (χ1) is 16.0.